The number of carboxylic acids is 1. The van der Waals surface area contributed by atoms with E-state index in [0.29, 0.717) is 31.2 Å². The lowest BCUT2D eigenvalue weighted by Crippen LogP contribution is -2.43. The summed E-state index contributed by atoms with van der Waals surface area (Å²) in [5, 5.41) is 11.6. The Morgan fingerprint density at radius 2 is 1.95 bits per heavy atom. The van der Waals surface area contributed by atoms with Crippen LogP contribution in [0.1, 0.15) is 38.7 Å². The first-order valence-electron chi connectivity index (χ1n) is 7.22. The zero-order valence-corrected chi connectivity index (χ0v) is 12.4. The Balaban J connectivity index is 2.51. The summed E-state index contributed by atoms with van der Waals surface area (Å²) in [5.74, 6) is -1.96. The van der Waals surface area contributed by atoms with E-state index in [4.69, 9.17) is 5.11 Å². The number of carbonyl (C=O) groups is 2. The van der Waals surface area contributed by atoms with Crippen molar-refractivity contribution in [3.05, 3.63) is 35.6 Å². The van der Waals surface area contributed by atoms with Gasteiger partial charge in [-0.1, -0.05) is 38.5 Å². The molecule has 4 nitrogen and oxygen atoms in total. The number of halogens is 1. The van der Waals surface area contributed by atoms with Gasteiger partial charge in [-0.2, -0.15) is 0 Å². The van der Waals surface area contributed by atoms with E-state index in [9.17, 15) is 14.0 Å². The minimum atomic E-state index is -1.02. The Morgan fingerprint density at radius 3 is 2.52 bits per heavy atom. The number of carboxylic acid groups (broad SMARTS) is 1. The van der Waals surface area contributed by atoms with E-state index >= 15 is 0 Å². The Kier molecular flexibility index (Phi) is 6.85. The first-order chi connectivity index (χ1) is 9.95. The number of hydrogen-bond donors (Lipinski definition) is 2. The molecule has 0 fully saturated rings. The van der Waals surface area contributed by atoms with Gasteiger partial charge in [0.2, 0.25) is 5.91 Å². The molecule has 0 aliphatic carbocycles. The predicted molar refractivity (Wildman–Crippen MR) is 78.4 cm³/mol. The lowest BCUT2D eigenvalue weighted by molar-refractivity contribution is -0.142. The topological polar surface area (TPSA) is 66.4 Å². The molecule has 2 atom stereocenters. The lowest BCUT2D eigenvalue weighted by Gasteiger charge is -2.17. The molecule has 1 rings (SSSR count). The molecule has 1 aromatic rings. The van der Waals surface area contributed by atoms with E-state index in [0.717, 1.165) is 0 Å². The maximum Gasteiger partial charge on any atom is 0.326 e. The molecular weight excluding hydrogens is 273 g/mol. The highest BCUT2D eigenvalue weighted by atomic mass is 19.1. The molecule has 0 spiro atoms. The third-order valence-corrected chi connectivity index (χ3v) is 3.44. The second kappa shape index (κ2) is 8.39. The molecule has 0 saturated carbocycles. The van der Waals surface area contributed by atoms with Crippen molar-refractivity contribution in [1.29, 1.82) is 0 Å². The fraction of sp³-hybridized carbons (Fsp3) is 0.500. The van der Waals surface area contributed by atoms with E-state index in [1.807, 2.05) is 6.92 Å². The van der Waals surface area contributed by atoms with E-state index in [2.05, 4.69) is 5.32 Å². The molecule has 0 saturated heterocycles. The number of rotatable bonds is 8. The van der Waals surface area contributed by atoms with Gasteiger partial charge in [-0.05, 0) is 30.9 Å². The van der Waals surface area contributed by atoms with Crippen LogP contribution in [0.15, 0.2) is 24.3 Å². The van der Waals surface area contributed by atoms with Crippen molar-refractivity contribution in [2.24, 2.45) is 5.92 Å². The van der Waals surface area contributed by atoms with Crippen molar-refractivity contribution >= 4 is 11.9 Å². The molecular formula is C16H22FNO3. The van der Waals surface area contributed by atoms with Gasteiger partial charge in [0.15, 0.2) is 0 Å². The SMILES string of the molecule is CCCC(NC(=O)C(C)CCc1ccccc1F)C(=O)O. The Hall–Kier alpha value is -1.91. The molecule has 0 aromatic heterocycles. The summed E-state index contributed by atoms with van der Waals surface area (Å²) in [5.41, 5.74) is 0.570. The van der Waals surface area contributed by atoms with Gasteiger partial charge in [0.05, 0.1) is 0 Å². The van der Waals surface area contributed by atoms with Gasteiger partial charge in [0.1, 0.15) is 11.9 Å². The maximum absolute atomic E-state index is 13.5. The number of aryl methyl sites for hydroxylation is 1. The summed E-state index contributed by atoms with van der Waals surface area (Å²) in [6.07, 6.45) is 2.01. The quantitative estimate of drug-likeness (QED) is 0.775. The van der Waals surface area contributed by atoms with Crippen LogP contribution in [0.4, 0.5) is 4.39 Å². The summed E-state index contributed by atoms with van der Waals surface area (Å²) in [6.45, 7) is 3.59. The van der Waals surface area contributed by atoms with Gasteiger partial charge in [0.25, 0.3) is 0 Å². The van der Waals surface area contributed by atoms with Crippen molar-refractivity contribution in [3.8, 4) is 0 Å². The van der Waals surface area contributed by atoms with Crippen LogP contribution >= 0.6 is 0 Å². The molecule has 0 heterocycles. The molecule has 1 aromatic carbocycles. The van der Waals surface area contributed by atoms with E-state index in [-0.39, 0.29) is 17.6 Å². The van der Waals surface area contributed by atoms with E-state index in [1.54, 1.807) is 25.1 Å². The molecule has 116 valence electrons. The average Bonchev–Trinajstić information content (AvgIpc) is 2.45. The minimum absolute atomic E-state index is 0.278. The van der Waals surface area contributed by atoms with Crippen molar-refractivity contribution < 1.29 is 19.1 Å². The smallest absolute Gasteiger partial charge is 0.326 e. The summed E-state index contributed by atoms with van der Waals surface area (Å²) in [7, 11) is 0. The predicted octanol–water partition coefficient (Wildman–Crippen LogP) is 2.76. The van der Waals surface area contributed by atoms with Crippen molar-refractivity contribution in [2.75, 3.05) is 0 Å². The molecule has 21 heavy (non-hydrogen) atoms. The molecule has 0 bridgehead atoms. The minimum Gasteiger partial charge on any atom is -0.480 e. The number of benzene rings is 1. The first kappa shape index (κ1) is 17.1. The summed E-state index contributed by atoms with van der Waals surface area (Å²) >= 11 is 0. The van der Waals surface area contributed by atoms with Crippen LogP contribution in [-0.4, -0.2) is 23.0 Å². The van der Waals surface area contributed by atoms with Crippen molar-refractivity contribution in [1.82, 2.24) is 5.32 Å². The number of aliphatic carboxylic acids is 1. The molecule has 1 amide bonds. The van der Waals surface area contributed by atoms with Crippen LogP contribution in [0, 0.1) is 11.7 Å². The maximum atomic E-state index is 13.5. The zero-order valence-electron chi connectivity index (χ0n) is 12.4. The van der Waals surface area contributed by atoms with E-state index in [1.165, 1.54) is 6.07 Å². The second-order valence-corrected chi connectivity index (χ2v) is 5.22. The normalized spacial score (nSPS) is 13.5. The Morgan fingerprint density at radius 1 is 1.29 bits per heavy atom. The third kappa shape index (κ3) is 5.53. The van der Waals surface area contributed by atoms with Gasteiger partial charge >= 0.3 is 5.97 Å². The molecule has 0 aliphatic rings. The average molecular weight is 295 g/mol. The van der Waals surface area contributed by atoms with Gasteiger partial charge in [-0.25, -0.2) is 9.18 Å². The zero-order chi connectivity index (χ0) is 15.8. The van der Waals surface area contributed by atoms with Gasteiger partial charge in [0, 0.05) is 5.92 Å². The largest absolute Gasteiger partial charge is 0.480 e. The fourth-order valence-corrected chi connectivity index (χ4v) is 2.06. The van der Waals surface area contributed by atoms with Crippen molar-refractivity contribution in [3.63, 3.8) is 0 Å². The molecule has 2 unspecified atom stereocenters. The van der Waals surface area contributed by atoms with Crippen LogP contribution in [0.5, 0.6) is 0 Å². The molecule has 2 N–H and O–H groups in total. The van der Waals surface area contributed by atoms with Crippen LogP contribution in [-0.2, 0) is 16.0 Å². The Bertz CT molecular complexity index is 490. The Labute approximate surface area is 124 Å². The van der Waals surface area contributed by atoms with Crippen LogP contribution < -0.4 is 5.32 Å². The highest BCUT2D eigenvalue weighted by Gasteiger charge is 2.22. The standard InChI is InChI=1S/C16H22FNO3/c1-3-6-14(16(20)21)18-15(19)11(2)9-10-12-7-4-5-8-13(12)17/h4-5,7-8,11,14H,3,6,9-10H2,1-2H3,(H,18,19)(H,20,21). The van der Waals surface area contributed by atoms with Gasteiger partial charge < -0.3 is 10.4 Å². The highest BCUT2D eigenvalue weighted by Crippen LogP contribution is 2.13. The first-order valence-corrected chi connectivity index (χ1v) is 7.22. The van der Waals surface area contributed by atoms with Gasteiger partial charge in [-0.3, -0.25) is 4.79 Å². The fourth-order valence-electron chi connectivity index (χ4n) is 2.06. The summed E-state index contributed by atoms with van der Waals surface area (Å²) < 4.78 is 13.5. The number of carbonyl (C=O) groups excluding carboxylic acids is 1. The number of nitrogens with one attached hydrogen (secondary N) is 1. The molecule has 5 heteroatoms. The van der Waals surface area contributed by atoms with Crippen LogP contribution in [0.2, 0.25) is 0 Å². The molecule has 0 radical (unpaired) electrons. The third-order valence-electron chi connectivity index (χ3n) is 3.44. The van der Waals surface area contributed by atoms with Crippen LogP contribution in [0.25, 0.3) is 0 Å². The number of amides is 1. The second-order valence-electron chi connectivity index (χ2n) is 5.22. The summed E-state index contributed by atoms with van der Waals surface area (Å²) in [6, 6.07) is 5.61. The van der Waals surface area contributed by atoms with Crippen molar-refractivity contribution in [2.45, 2.75) is 45.6 Å². The number of hydrogen-bond acceptors (Lipinski definition) is 2. The van der Waals surface area contributed by atoms with E-state index < -0.39 is 12.0 Å². The van der Waals surface area contributed by atoms with Crippen LogP contribution in [0.3, 0.4) is 0 Å². The highest BCUT2D eigenvalue weighted by molar-refractivity contribution is 5.84. The lowest BCUT2D eigenvalue weighted by atomic mass is 9.99. The van der Waals surface area contributed by atoms with Gasteiger partial charge in [-0.15, -0.1) is 0 Å². The molecule has 0 aliphatic heterocycles. The summed E-state index contributed by atoms with van der Waals surface area (Å²) in [4.78, 5) is 23.0. The monoisotopic (exact) mass is 295 g/mol.